The van der Waals surface area contributed by atoms with E-state index < -0.39 is 17.5 Å². The number of methoxy groups -OCH3 is 1. The number of hydrogen-bond acceptors (Lipinski definition) is 3. The SMILES string of the molecule is COCc1nn(-c2cc(F)c(F)c(F)c2)c(Cl)c1C#N. The summed E-state index contributed by atoms with van der Waals surface area (Å²) in [5.74, 6) is -4.34. The van der Waals surface area contributed by atoms with E-state index in [4.69, 9.17) is 21.6 Å². The second-order valence-corrected chi connectivity index (χ2v) is 4.15. The van der Waals surface area contributed by atoms with E-state index >= 15 is 0 Å². The average molecular weight is 302 g/mol. The zero-order chi connectivity index (χ0) is 14.9. The summed E-state index contributed by atoms with van der Waals surface area (Å²) in [5.41, 5.74) is 0.106. The van der Waals surface area contributed by atoms with Gasteiger partial charge in [0.05, 0.1) is 12.3 Å². The standard InChI is InChI=1S/C12H7ClF3N3O/c1-20-5-10-7(4-17)12(13)19(18-10)6-2-8(14)11(16)9(15)3-6/h2-3H,5H2,1H3. The van der Waals surface area contributed by atoms with Gasteiger partial charge in [-0.05, 0) is 0 Å². The lowest BCUT2D eigenvalue weighted by Crippen LogP contribution is -2.02. The smallest absolute Gasteiger partial charge is 0.194 e. The topological polar surface area (TPSA) is 50.8 Å². The van der Waals surface area contributed by atoms with Crippen molar-refractivity contribution in [3.63, 3.8) is 0 Å². The largest absolute Gasteiger partial charge is 0.378 e. The van der Waals surface area contributed by atoms with E-state index in [2.05, 4.69) is 5.10 Å². The third-order valence-corrected chi connectivity index (χ3v) is 2.86. The maximum absolute atomic E-state index is 13.2. The van der Waals surface area contributed by atoms with Crippen LogP contribution in [0.25, 0.3) is 5.69 Å². The average Bonchev–Trinajstić information content (AvgIpc) is 2.72. The molecule has 0 saturated heterocycles. The Morgan fingerprint density at radius 3 is 2.45 bits per heavy atom. The first-order chi connectivity index (χ1) is 9.49. The predicted molar refractivity (Wildman–Crippen MR) is 63.9 cm³/mol. The number of halogens is 4. The van der Waals surface area contributed by atoms with Crippen LogP contribution in [0.4, 0.5) is 13.2 Å². The molecular weight excluding hydrogens is 295 g/mol. The Hall–Kier alpha value is -2.04. The molecule has 2 rings (SSSR count). The van der Waals surface area contributed by atoms with Crippen molar-refractivity contribution in [2.45, 2.75) is 6.61 Å². The molecule has 0 bridgehead atoms. The second kappa shape index (κ2) is 5.53. The fraction of sp³-hybridized carbons (Fsp3) is 0.167. The van der Waals surface area contributed by atoms with Crippen LogP contribution in [0, 0.1) is 28.8 Å². The molecule has 1 aromatic carbocycles. The van der Waals surface area contributed by atoms with Crippen LogP contribution in [0.3, 0.4) is 0 Å². The number of nitriles is 1. The molecule has 20 heavy (non-hydrogen) atoms. The quantitative estimate of drug-likeness (QED) is 0.819. The van der Waals surface area contributed by atoms with Crippen LogP contribution < -0.4 is 0 Å². The Kier molecular flexibility index (Phi) is 3.97. The minimum absolute atomic E-state index is 0.00176. The highest BCUT2D eigenvalue weighted by Gasteiger charge is 2.19. The Bertz CT molecular complexity index is 686. The van der Waals surface area contributed by atoms with Gasteiger partial charge in [0.1, 0.15) is 17.3 Å². The van der Waals surface area contributed by atoms with E-state index in [-0.39, 0.29) is 28.7 Å². The van der Waals surface area contributed by atoms with Crippen molar-refractivity contribution in [2.24, 2.45) is 0 Å². The van der Waals surface area contributed by atoms with Crippen molar-refractivity contribution in [1.29, 1.82) is 5.26 Å². The molecule has 4 nitrogen and oxygen atoms in total. The first-order valence-electron chi connectivity index (χ1n) is 5.31. The van der Waals surface area contributed by atoms with Gasteiger partial charge < -0.3 is 4.74 Å². The molecule has 0 atom stereocenters. The molecule has 1 heterocycles. The summed E-state index contributed by atoms with van der Waals surface area (Å²) >= 11 is 5.93. The van der Waals surface area contributed by atoms with Crippen molar-refractivity contribution in [3.05, 3.63) is 46.0 Å². The van der Waals surface area contributed by atoms with E-state index in [0.29, 0.717) is 0 Å². The van der Waals surface area contributed by atoms with Gasteiger partial charge in [0.2, 0.25) is 0 Å². The molecule has 2 aromatic rings. The zero-order valence-electron chi connectivity index (χ0n) is 10.1. The van der Waals surface area contributed by atoms with Gasteiger partial charge in [-0.15, -0.1) is 0 Å². The van der Waals surface area contributed by atoms with Gasteiger partial charge in [-0.25, -0.2) is 17.9 Å². The lowest BCUT2D eigenvalue weighted by Gasteiger charge is -2.04. The number of nitrogens with zero attached hydrogens (tertiary/aromatic N) is 3. The van der Waals surface area contributed by atoms with E-state index in [1.807, 2.05) is 6.07 Å². The molecule has 0 N–H and O–H groups in total. The Balaban J connectivity index is 2.62. The monoisotopic (exact) mass is 301 g/mol. The molecule has 0 aliphatic carbocycles. The third kappa shape index (κ3) is 2.35. The molecule has 0 spiro atoms. The van der Waals surface area contributed by atoms with E-state index in [9.17, 15) is 13.2 Å². The lowest BCUT2D eigenvalue weighted by molar-refractivity contribution is 0.181. The third-order valence-electron chi connectivity index (χ3n) is 2.51. The maximum atomic E-state index is 13.2. The Morgan fingerprint density at radius 1 is 1.35 bits per heavy atom. The van der Waals surface area contributed by atoms with Crippen LogP contribution in [-0.2, 0) is 11.3 Å². The summed E-state index contributed by atoms with van der Waals surface area (Å²) in [6.07, 6.45) is 0. The van der Waals surface area contributed by atoms with Gasteiger partial charge in [-0.3, -0.25) is 0 Å². The van der Waals surface area contributed by atoms with Gasteiger partial charge >= 0.3 is 0 Å². The number of aromatic nitrogens is 2. The number of hydrogen-bond donors (Lipinski definition) is 0. The molecule has 0 fully saturated rings. The van der Waals surface area contributed by atoms with Gasteiger partial charge in [0.15, 0.2) is 22.6 Å². The van der Waals surface area contributed by atoms with Crippen LogP contribution in [0.1, 0.15) is 11.3 Å². The summed E-state index contributed by atoms with van der Waals surface area (Å²) in [5, 5.41) is 12.8. The molecule has 0 amide bonds. The second-order valence-electron chi connectivity index (χ2n) is 3.79. The molecule has 0 saturated carbocycles. The summed E-state index contributed by atoms with van der Waals surface area (Å²) in [6, 6.07) is 3.28. The van der Waals surface area contributed by atoms with Crippen LogP contribution in [0.5, 0.6) is 0 Å². The van der Waals surface area contributed by atoms with Crippen molar-refractivity contribution < 1.29 is 17.9 Å². The highest BCUT2D eigenvalue weighted by Crippen LogP contribution is 2.25. The highest BCUT2D eigenvalue weighted by molar-refractivity contribution is 6.31. The Morgan fingerprint density at radius 2 is 1.95 bits per heavy atom. The van der Waals surface area contributed by atoms with Crippen LogP contribution >= 0.6 is 11.6 Å². The maximum Gasteiger partial charge on any atom is 0.194 e. The van der Waals surface area contributed by atoms with Crippen molar-refractivity contribution >= 4 is 11.6 Å². The summed E-state index contributed by atoms with van der Waals surface area (Å²) in [6.45, 7) is 0.00176. The van der Waals surface area contributed by atoms with Gasteiger partial charge in [-0.2, -0.15) is 10.4 Å². The van der Waals surface area contributed by atoms with E-state index in [0.717, 1.165) is 16.8 Å². The normalized spacial score (nSPS) is 10.6. The van der Waals surface area contributed by atoms with Gasteiger partial charge in [0, 0.05) is 19.2 Å². The van der Waals surface area contributed by atoms with Crippen molar-refractivity contribution in [2.75, 3.05) is 7.11 Å². The van der Waals surface area contributed by atoms with Crippen LogP contribution in [0.2, 0.25) is 5.15 Å². The zero-order valence-corrected chi connectivity index (χ0v) is 10.9. The summed E-state index contributed by atoms with van der Waals surface area (Å²) in [4.78, 5) is 0. The Labute approximate surface area is 116 Å². The lowest BCUT2D eigenvalue weighted by atomic mass is 10.2. The van der Waals surface area contributed by atoms with Crippen LogP contribution in [0.15, 0.2) is 12.1 Å². The van der Waals surface area contributed by atoms with Gasteiger partial charge in [0.25, 0.3) is 0 Å². The molecule has 0 aliphatic rings. The predicted octanol–water partition coefficient (Wildman–Crippen LogP) is 2.96. The van der Waals surface area contributed by atoms with E-state index in [1.54, 1.807) is 0 Å². The molecule has 0 unspecified atom stereocenters. The van der Waals surface area contributed by atoms with Crippen molar-refractivity contribution in [3.8, 4) is 11.8 Å². The minimum Gasteiger partial charge on any atom is -0.378 e. The number of benzene rings is 1. The number of ether oxygens (including phenoxy) is 1. The molecule has 0 aliphatic heterocycles. The molecule has 104 valence electrons. The summed E-state index contributed by atoms with van der Waals surface area (Å²) in [7, 11) is 1.39. The van der Waals surface area contributed by atoms with E-state index in [1.165, 1.54) is 7.11 Å². The first-order valence-corrected chi connectivity index (χ1v) is 5.68. The number of rotatable bonds is 3. The molecule has 8 heteroatoms. The fourth-order valence-corrected chi connectivity index (χ4v) is 1.91. The highest BCUT2D eigenvalue weighted by atomic mass is 35.5. The molecular formula is C12H7ClF3N3O. The molecule has 1 aromatic heterocycles. The van der Waals surface area contributed by atoms with Crippen LogP contribution in [-0.4, -0.2) is 16.9 Å². The van der Waals surface area contributed by atoms with Gasteiger partial charge in [-0.1, -0.05) is 11.6 Å². The fourth-order valence-electron chi connectivity index (χ4n) is 1.62. The minimum atomic E-state index is -1.59. The summed E-state index contributed by atoms with van der Waals surface area (Å²) < 4.78 is 45.1. The first kappa shape index (κ1) is 14.4. The molecule has 0 radical (unpaired) electrons. The van der Waals surface area contributed by atoms with Crippen molar-refractivity contribution in [1.82, 2.24) is 9.78 Å².